The summed E-state index contributed by atoms with van der Waals surface area (Å²) >= 11 is 0. The number of aromatic nitrogens is 1. The van der Waals surface area contributed by atoms with Gasteiger partial charge in [0.15, 0.2) is 5.82 Å². The first-order valence-electron chi connectivity index (χ1n) is 7.31. The minimum Gasteiger partial charge on any atom is -0.465 e. The Morgan fingerprint density at radius 3 is 2.40 bits per heavy atom. The SMILES string of the molecule is COC(=O)c1ccc(NC(=O)/C(C)=C/C(=O)Nc2cc(C)on2)cc1. The van der Waals surface area contributed by atoms with E-state index in [1.807, 2.05) is 0 Å². The van der Waals surface area contributed by atoms with E-state index in [2.05, 4.69) is 20.5 Å². The van der Waals surface area contributed by atoms with Crippen LogP contribution < -0.4 is 10.6 Å². The maximum absolute atomic E-state index is 12.1. The molecule has 0 saturated carbocycles. The van der Waals surface area contributed by atoms with Gasteiger partial charge in [0.05, 0.1) is 12.7 Å². The van der Waals surface area contributed by atoms with Crippen LogP contribution in [0.4, 0.5) is 11.5 Å². The van der Waals surface area contributed by atoms with Gasteiger partial charge in [0, 0.05) is 23.4 Å². The molecule has 130 valence electrons. The van der Waals surface area contributed by atoms with Crippen molar-refractivity contribution in [2.24, 2.45) is 0 Å². The monoisotopic (exact) mass is 343 g/mol. The lowest BCUT2D eigenvalue weighted by Gasteiger charge is -2.06. The van der Waals surface area contributed by atoms with E-state index in [9.17, 15) is 14.4 Å². The average Bonchev–Trinajstić information content (AvgIpc) is 2.99. The standard InChI is InChI=1S/C17H17N3O5/c1-10(8-15(21)19-14-9-11(2)25-20-14)16(22)18-13-6-4-12(5-7-13)17(23)24-3/h4-9H,1-3H3,(H,18,22)(H,19,20,21)/b10-8+. The third kappa shape index (κ3) is 5.03. The zero-order valence-corrected chi connectivity index (χ0v) is 14.0. The number of nitrogens with zero attached hydrogens (tertiary/aromatic N) is 1. The van der Waals surface area contributed by atoms with Gasteiger partial charge in [0.25, 0.3) is 5.91 Å². The molecule has 0 aliphatic rings. The molecule has 0 spiro atoms. The zero-order valence-electron chi connectivity index (χ0n) is 14.0. The summed E-state index contributed by atoms with van der Waals surface area (Å²) < 4.78 is 9.43. The first kappa shape index (κ1) is 17.9. The maximum atomic E-state index is 12.1. The molecule has 1 aromatic carbocycles. The van der Waals surface area contributed by atoms with Crippen LogP contribution in [0.15, 0.2) is 46.5 Å². The summed E-state index contributed by atoms with van der Waals surface area (Å²) in [5, 5.41) is 8.74. The Balaban J connectivity index is 1.96. The summed E-state index contributed by atoms with van der Waals surface area (Å²) in [6.07, 6.45) is 1.15. The molecule has 2 rings (SSSR count). The Bertz CT molecular complexity index is 821. The van der Waals surface area contributed by atoms with Crippen LogP contribution in [-0.2, 0) is 14.3 Å². The molecule has 2 amide bonds. The first-order chi connectivity index (χ1) is 11.9. The van der Waals surface area contributed by atoms with Gasteiger partial charge in [-0.25, -0.2) is 4.79 Å². The number of benzene rings is 1. The van der Waals surface area contributed by atoms with Gasteiger partial charge in [-0.15, -0.1) is 0 Å². The van der Waals surface area contributed by atoms with Gasteiger partial charge in [0.2, 0.25) is 5.91 Å². The number of amides is 2. The summed E-state index contributed by atoms with van der Waals surface area (Å²) in [6, 6.07) is 7.75. The number of carbonyl (C=O) groups is 3. The van der Waals surface area contributed by atoms with Crippen LogP contribution in [-0.4, -0.2) is 30.1 Å². The van der Waals surface area contributed by atoms with Crippen molar-refractivity contribution in [3.63, 3.8) is 0 Å². The van der Waals surface area contributed by atoms with Crippen molar-refractivity contribution < 1.29 is 23.6 Å². The Kier molecular flexibility index (Phi) is 5.67. The molecule has 25 heavy (non-hydrogen) atoms. The maximum Gasteiger partial charge on any atom is 0.337 e. The number of hydrogen-bond donors (Lipinski definition) is 2. The fraction of sp³-hybridized carbons (Fsp3) is 0.176. The number of carbonyl (C=O) groups excluding carboxylic acids is 3. The minimum atomic E-state index is -0.498. The Labute approximate surface area is 143 Å². The van der Waals surface area contributed by atoms with Gasteiger partial charge < -0.3 is 19.9 Å². The van der Waals surface area contributed by atoms with Crippen LogP contribution in [0, 0.1) is 6.92 Å². The number of aryl methyl sites for hydroxylation is 1. The summed E-state index contributed by atoms with van der Waals surface area (Å²) in [5.74, 6) is -0.581. The number of ether oxygens (including phenoxy) is 1. The Morgan fingerprint density at radius 2 is 1.84 bits per heavy atom. The summed E-state index contributed by atoms with van der Waals surface area (Å²) in [4.78, 5) is 35.3. The second kappa shape index (κ2) is 7.91. The molecule has 0 saturated heterocycles. The lowest BCUT2D eigenvalue weighted by Crippen LogP contribution is -2.16. The van der Waals surface area contributed by atoms with E-state index in [1.54, 1.807) is 25.1 Å². The third-order valence-corrected chi connectivity index (χ3v) is 3.15. The first-order valence-corrected chi connectivity index (χ1v) is 7.31. The van der Waals surface area contributed by atoms with Crippen molar-refractivity contribution in [2.75, 3.05) is 17.7 Å². The van der Waals surface area contributed by atoms with Gasteiger partial charge in [-0.3, -0.25) is 9.59 Å². The molecule has 1 aromatic heterocycles. The van der Waals surface area contributed by atoms with Gasteiger partial charge in [-0.05, 0) is 38.1 Å². The molecule has 2 N–H and O–H groups in total. The predicted octanol–water partition coefficient (Wildman–Crippen LogP) is 2.29. The van der Waals surface area contributed by atoms with Crippen LogP contribution in [0.5, 0.6) is 0 Å². The molecule has 0 unspecified atom stereocenters. The smallest absolute Gasteiger partial charge is 0.337 e. The van der Waals surface area contributed by atoms with Gasteiger partial charge in [-0.1, -0.05) is 5.16 Å². The van der Waals surface area contributed by atoms with Crippen molar-refractivity contribution in [1.82, 2.24) is 5.16 Å². The predicted molar refractivity (Wildman–Crippen MR) is 90.0 cm³/mol. The normalized spacial score (nSPS) is 10.9. The molecular formula is C17H17N3O5. The molecule has 1 heterocycles. The van der Waals surface area contributed by atoms with Crippen LogP contribution in [0.2, 0.25) is 0 Å². The second-order valence-corrected chi connectivity index (χ2v) is 5.16. The molecule has 0 fully saturated rings. The van der Waals surface area contributed by atoms with E-state index in [0.717, 1.165) is 6.08 Å². The van der Waals surface area contributed by atoms with E-state index in [1.165, 1.54) is 26.2 Å². The third-order valence-electron chi connectivity index (χ3n) is 3.15. The number of hydrogen-bond acceptors (Lipinski definition) is 6. The van der Waals surface area contributed by atoms with Gasteiger partial charge >= 0.3 is 5.97 Å². The van der Waals surface area contributed by atoms with Crippen LogP contribution in [0.25, 0.3) is 0 Å². The minimum absolute atomic E-state index is 0.203. The molecule has 8 heteroatoms. The largest absolute Gasteiger partial charge is 0.465 e. The van der Waals surface area contributed by atoms with Crippen LogP contribution >= 0.6 is 0 Å². The van der Waals surface area contributed by atoms with Gasteiger partial charge in [-0.2, -0.15) is 0 Å². The Morgan fingerprint density at radius 1 is 1.16 bits per heavy atom. The van der Waals surface area contributed by atoms with Gasteiger partial charge in [0.1, 0.15) is 5.76 Å². The lowest BCUT2D eigenvalue weighted by molar-refractivity contribution is -0.114. The molecular weight excluding hydrogens is 326 g/mol. The number of nitrogens with one attached hydrogen (secondary N) is 2. The highest BCUT2D eigenvalue weighted by Gasteiger charge is 2.10. The summed E-state index contributed by atoms with van der Waals surface area (Å²) in [7, 11) is 1.29. The van der Waals surface area contributed by atoms with E-state index < -0.39 is 17.8 Å². The number of rotatable bonds is 5. The molecule has 0 aliphatic heterocycles. The topological polar surface area (TPSA) is 111 Å². The van der Waals surface area contributed by atoms with Crippen molar-refractivity contribution in [2.45, 2.75) is 13.8 Å². The number of methoxy groups -OCH3 is 1. The number of anilines is 2. The fourth-order valence-electron chi connectivity index (χ4n) is 1.89. The van der Waals surface area contributed by atoms with Crippen molar-refractivity contribution in [3.8, 4) is 0 Å². The van der Waals surface area contributed by atoms with Crippen molar-refractivity contribution in [1.29, 1.82) is 0 Å². The van der Waals surface area contributed by atoms with E-state index >= 15 is 0 Å². The molecule has 0 bridgehead atoms. The molecule has 2 aromatic rings. The number of esters is 1. The van der Waals surface area contributed by atoms with E-state index in [0.29, 0.717) is 17.0 Å². The molecule has 0 radical (unpaired) electrons. The quantitative estimate of drug-likeness (QED) is 0.636. The highest BCUT2D eigenvalue weighted by molar-refractivity contribution is 6.09. The van der Waals surface area contributed by atoms with Crippen molar-refractivity contribution >= 4 is 29.3 Å². The van der Waals surface area contributed by atoms with E-state index in [-0.39, 0.29) is 11.4 Å². The highest BCUT2D eigenvalue weighted by Crippen LogP contribution is 2.12. The summed E-state index contributed by atoms with van der Waals surface area (Å²) in [5.41, 5.74) is 1.06. The fourth-order valence-corrected chi connectivity index (χ4v) is 1.89. The zero-order chi connectivity index (χ0) is 18.4. The second-order valence-electron chi connectivity index (χ2n) is 5.16. The summed E-state index contributed by atoms with van der Waals surface area (Å²) in [6.45, 7) is 3.20. The average molecular weight is 343 g/mol. The van der Waals surface area contributed by atoms with Crippen molar-refractivity contribution in [3.05, 3.63) is 53.3 Å². The Hall–Kier alpha value is -3.42. The lowest BCUT2D eigenvalue weighted by atomic mass is 10.2. The molecule has 0 atom stereocenters. The van der Waals surface area contributed by atoms with Crippen LogP contribution in [0.3, 0.4) is 0 Å². The molecule has 0 aliphatic carbocycles. The highest BCUT2D eigenvalue weighted by atomic mass is 16.5. The van der Waals surface area contributed by atoms with Crippen LogP contribution in [0.1, 0.15) is 23.0 Å². The van der Waals surface area contributed by atoms with E-state index in [4.69, 9.17) is 4.52 Å². The molecule has 8 nitrogen and oxygen atoms in total.